The van der Waals surface area contributed by atoms with Crippen molar-refractivity contribution in [3.8, 4) is 11.3 Å². The second-order valence-corrected chi connectivity index (χ2v) is 3.00. The number of aromatic amines is 1. The Morgan fingerprint density at radius 3 is 2.79 bits per heavy atom. The third-order valence-corrected chi connectivity index (χ3v) is 2.04. The van der Waals surface area contributed by atoms with Gasteiger partial charge in [0.25, 0.3) is 0 Å². The molecule has 2 aromatic heterocycles. The average Bonchev–Trinajstić information content (AvgIpc) is 2.48. The Kier molecular flexibility index (Phi) is 1.92. The molecule has 2 heterocycles. The molecule has 0 saturated carbocycles. The van der Waals surface area contributed by atoms with Gasteiger partial charge in [-0.1, -0.05) is 0 Å². The first-order valence-electron chi connectivity index (χ1n) is 4.10. The fourth-order valence-corrected chi connectivity index (χ4v) is 1.24. The summed E-state index contributed by atoms with van der Waals surface area (Å²) >= 11 is 0. The van der Waals surface area contributed by atoms with Gasteiger partial charge in [-0.05, 0) is 13.0 Å². The van der Waals surface area contributed by atoms with E-state index < -0.39 is 0 Å². The van der Waals surface area contributed by atoms with Crippen LogP contribution in [0.15, 0.2) is 18.5 Å². The number of rotatable bonds is 1. The molecule has 4 nitrogen and oxygen atoms in total. The van der Waals surface area contributed by atoms with Crippen LogP contribution in [0.2, 0.25) is 0 Å². The monoisotopic (exact) mass is 192 g/mol. The number of anilines is 1. The van der Waals surface area contributed by atoms with Crippen LogP contribution < -0.4 is 5.73 Å². The third kappa shape index (κ3) is 1.32. The molecule has 0 fully saturated rings. The number of pyridine rings is 1. The minimum atomic E-state index is -0.380. The van der Waals surface area contributed by atoms with Crippen molar-refractivity contribution in [3.63, 3.8) is 0 Å². The summed E-state index contributed by atoms with van der Waals surface area (Å²) in [6.45, 7) is 1.82. The Balaban J connectivity index is 2.55. The van der Waals surface area contributed by atoms with Crippen molar-refractivity contribution >= 4 is 5.82 Å². The van der Waals surface area contributed by atoms with Crippen LogP contribution in [0.5, 0.6) is 0 Å². The summed E-state index contributed by atoms with van der Waals surface area (Å²) in [6.07, 6.45) is 2.71. The van der Waals surface area contributed by atoms with Crippen LogP contribution in [-0.4, -0.2) is 15.2 Å². The van der Waals surface area contributed by atoms with Gasteiger partial charge >= 0.3 is 0 Å². The topological polar surface area (TPSA) is 67.6 Å². The zero-order chi connectivity index (χ0) is 10.1. The highest BCUT2D eigenvalue weighted by atomic mass is 19.1. The van der Waals surface area contributed by atoms with Crippen LogP contribution in [0.4, 0.5) is 10.2 Å². The largest absolute Gasteiger partial charge is 0.382 e. The van der Waals surface area contributed by atoms with Gasteiger partial charge in [0, 0.05) is 17.3 Å². The van der Waals surface area contributed by atoms with Crippen molar-refractivity contribution < 1.29 is 4.39 Å². The van der Waals surface area contributed by atoms with Gasteiger partial charge in [-0.2, -0.15) is 5.10 Å². The fraction of sp³-hybridized carbons (Fsp3) is 0.111. The molecule has 0 spiro atoms. The number of hydrogen-bond acceptors (Lipinski definition) is 3. The van der Waals surface area contributed by atoms with Crippen molar-refractivity contribution in [1.82, 2.24) is 15.2 Å². The summed E-state index contributed by atoms with van der Waals surface area (Å²) in [5, 5.41) is 6.56. The van der Waals surface area contributed by atoms with Gasteiger partial charge in [0.1, 0.15) is 11.6 Å². The van der Waals surface area contributed by atoms with Crippen molar-refractivity contribution in [3.05, 3.63) is 29.8 Å². The lowest BCUT2D eigenvalue weighted by Crippen LogP contribution is -1.87. The molecule has 0 saturated heterocycles. The molecule has 0 aliphatic rings. The zero-order valence-corrected chi connectivity index (χ0v) is 7.58. The molecule has 0 aliphatic carbocycles. The predicted octanol–water partition coefficient (Wildman–Crippen LogP) is 1.50. The van der Waals surface area contributed by atoms with E-state index in [4.69, 9.17) is 5.73 Å². The van der Waals surface area contributed by atoms with Crippen molar-refractivity contribution in [2.45, 2.75) is 6.92 Å². The SMILES string of the molecule is Cc1c(N)n[nH]c1-c1cncc(F)c1. The van der Waals surface area contributed by atoms with Crippen LogP contribution in [0.25, 0.3) is 11.3 Å². The first-order chi connectivity index (χ1) is 6.68. The van der Waals surface area contributed by atoms with E-state index in [0.717, 1.165) is 11.8 Å². The van der Waals surface area contributed by atoms with Gasteiger partial charge in [-0.25, -0.2) is 4.39 Å². The number of nitrogen functional groups attached to an aromatic ring is 1. The summed E-state index contributed by atoms with van der Waals surface area (Å²) in [4.78, 5) is 3.75. The highest BCUT2D eigenvalue weighted by Gasteiger charge is 2.08. The number of H-pyrrole nitrogens is 1. The highest BCUT2D eigenvalue weighted by molar-refractivity contribution is 5.66. The Hall–Kier alpha value is -1.91. The first kappa shape index (κ1) is 8.68. The summed E-state index contributed by atoms with van der Waals surface area (Å²) in [5.41, 5.74) is 7.71. The van der Waals surface area contributed by atoms with Gasteiger partial charge in [0.2, 0.25) is 0 Å². The van der Waals surface area contributed by atoms with Gasteiger partial charge in [0.15, 0.2) is 0 Å². The Labute approximate surface area is 80.0 Å². The predicted molar refractivity (Wildman–Crippen MR) is 50.9 cm³/mol. The Morgan fingerprint density at radius 1 is 1.43 bits per heavy atom. The number of hydrogen-bond donors (Lipinski definition) is 2. The van der Waals surface area contributed by atoms with E-state index in [9.17, 15) is 4.39 Å². The molecule has 72 valence electrons. The van der Waals surface area contributed by atoms with Crippen molar-refractivity contribution in [2.24, 2.45) is 0 Å². The van der Waals surface area contributed by atoms with Crippen molar-refractivity contribution in [2.75, 3.05) is 5.73 Å². The molecule has 0 aromatic carbocycles. The molecule has 0 bridgehead atoms. The molecule has 2 aromatic rings. The van der Waals surface area contributed by atoms with E-state index in [1.807, 2.05) is 6.92 Å². The molecule has 0 radical (unpaired) electrons. The average molecular weight is 192 g/mol. The quantitative estimate of drug-likeness (QED) is 0.719. The van der Waals surface area contributed by atoms with Gasteiger partial charge < -0.3 is 5.73 Å². The first-order valence-corrected chi connectivity index (χ1v) is 4.10. The molecule has 14 heavy (non-hydrogen) atoms. The second kappa shape index (κ2) is 3.10. The molecule has 0 atom stereocenters. The third-order valence-electron chi connectivity index (χ3n) is 2.04. The summed E-state index contributed by atoms with van der Waals surface area (Å²) in [7, 11) is 0. The van der Waals surface area contributed by atoms with Gasteiger partial charge in [-0.15, -0.1) is 0 Å². The number of halogens is 1. The number of nitrogens with zero attached hydrogens (tertiary/aromatic N) is 2. The van der Waals surface area contributed by atoms with E-state index in [1.54, 1.807) is 6.20 Å². The van der Waals surface area contributed by atoms with Crippen LogP contribution in [-0.2, 0) is 0 Å². The Bertz CT molecular complexity index is 464. The molecular weight excluding hydrogens is 183 g/mol. The molecule has 0 amide bonds. The molecule has 3 N–H and O–H groups in total. The van der Waals surface area contributed by atoms with Crippen LogP contribution >= 0.6 is 0 Å². The lowest BCUT2D eigenvalue weighted by Gasteiger charge is -1.98. The standard InChI is InChI=1S/C9H9FN4/c1-5-8(13-14-9(5)11)6-2-7(10)4-12-3-6/h2-4H,1H3,(H3,11,13,14). The number of nitrogens with two attached hydrogens (primary N) is 1. The van der Waals surface area contributed by atoms with E-state index in [1.165, 1.54) is 6.07 Å². The lowest BCUT2D eigenvalue weighted by molar-refractivity contribution is 0.622. The van der Waals surface area contributed by atoms with Crippen LogP contribution in [0.1, 0.15) is 5.56 Å². The number of nitrogens with one attached hydrogen (secondary N) is 1. The van der Waals surface area contributed by atoms with E-state index in [0.29, 0.717) is 17.1 Å². The maximum absolute atomic E-state index is 12.9. The summed E-state index contributed by atoms with van der Waals surface area (Å²) < 4.78 is 12.9. The summed E-state index contributed by atoms with van der Waals surface area (Å²) in [5.74, 6) is 0.0410. The normalized spacial score (nSPS) is 10.4. The lowest BCUT2D eigenvalue weighted by atomic mass is 10.1. The van der Waals surface area contributed by atoms with Gasteiger partial charge in [0.05, 0.1) is 11.9 Å². The van der Waals surface area contributed by atoms with E-state index >= 15 is 0 Å². The molecule has 0 unspecified atom stereocenters. The maximum Gasteiger partial charge on any atom is 0.148 e. The van der Waals surface area contributed by atoms with Gasteiger partial charge in [-0.3, -0.25) is 10.1 Å². The molecule has 5 heteroatoms. The fourth-order valence-electron chi connectivity index (χ4n) is 1.24. The highest BCUT2D eigenvalue weighted by Crippen LogP contribution is 2.23. The zero-order valence-electron chi connectivity index (χ0n) is 7.58. The van der Waals surface area contributed by atoms with Crippen LogP contribution in [0, 0.1) is 12.7 Å². The minimum absolute atomic E-state index is 0.380. The second-order valence-electron chi connectivity index (χ2n) is 3.00. The Morgan fingerprint density at radius 2 is 2.21 bits per heavy atom. The van der Waals surface area contributed by atoms with E-state index in [2.05, 4.69) is 15.2 Å². The minimum Gasteiger partial charge on any atom is -0.382 e. The number of aromatic nitrogens is 3. The smallest absolute Gasteiger partial charge is 0.148 e. The van der Waals surface area contributed by atoms with Crippen LogP contribution in [0.3, 0.4) is 0 Å². The van der Waals surface area contributed by atoms with Crippen molar-refractivity contribution in [1.29, 1.82) is 0 Å². The molecule has 0 aliphatic heterocycles. The summed E-state index contributed by atoms with van der Waals surface area (Å²) in [6, 6.07) is 1.38. The molecule has 2 rings (SSSR count). The molecular formula is C9H9FN4. The maximum atomic E-state index is 12.9. The van der Waals surface area contributed by atoms with E-state index in [-0.39, 0.29) is 5.82 Å².